The fourth-order valence-electron chi connectivity index (χ4n) is 10.0. The van der Waals surface area contributed by atoms with Crippen molar-refractivity contribution in [2.45, 2.75) is 345 Å². The molecule has 9 unspecified atom stereocenters. The van der Waals surface area contributed by atoms with Crippen molar-refractivity contribution in [3.63, 3.8) is 0 Å². The fraction of sp³-hybridized carbons (Fsp3) is 0.918. The van der Waals surface area contributed by atoms with Crippen LogP contribution in [0.3, 0.4) is 0 Å². The summed E-state index contributed by atoms with van der Waals surface area (Å²) in [6.45, 7) is 3.41. The Balaban J connectivity index is 2.05. The molecule has 0 saturated carbocycles. The van der Waals surface area contributed by atoms with E-state index in [-0.39, 0.29) is 6.42 Å². The lowest BCUT2D eigenvalue weighted by Gasteiger charge is -2.40. The Bertz CT molecular complexity index is 1220. The molecule has 1 aliphatic heterocycles. The van der Waals surface area contributed by atoms with Gasteiger partial charge in [-0.1, -0.05) is 269 Å². The zero-order valence-electron chi connectivity index (χ0n) is 46.7. The fourth-order valence-corrected chi connectivity index (χ4v) is 10.0. The maximum atomic E-state index is 13.1. The second kappa shape index (κ2) is 50.4. The Morgan fingerprint density at radius 1 is 0.486 bits per heavy atom. The van der Waals surface area contributed by atoms with Crippen LogP contribution in [0.25, 0.3) is 0 Å². The minimum Gasteiger partial charge on any atom is -0.394 e. The summed E-state index contributed by atoms with van der Waals surface area (Å²) in [6.07, 6.45) is 50.4. The van der Waals surface area contributed by atoms with Crippen LogP contribution in [0, 0.1) is 0 Å². The molecule has 1 amide bonds. The lowest BCUT2D eigenvalue weighted by atomic mass is 9.98. The molecule has 11 nitrogen and oxygen atoms in total. The van der Waals surface area contributed by atoms with Gasteiger partial charge in [-0.2, -0.15) is 0 Å². The molecule has 426 valence electrons. The zero-order chi connectivity index (χ0) is 52.5. The smallest absolute Gasteiger partial charge is 0.249 e. The summed E-state index contributed by atoms with van der Waals surface area (Å²) in [6, 6.07) is -1.16. The van der Waals surface area contributed by atoms with Crippen molar-refractivity contribution >= 4 is 5.91 Å². The highest BCUT2D eigenvalue weighted by molar-refractivity contribution is 5.80. The number of ether oxygens (including phenoxy) is 2. The number of hydrogen-bond donors (Lipinski definition) is 8. The molecule has 0 aliphatic carbocycles. The Labute approximate surface area is 442 Å². The number of carbonyl (C=O) groups excluding carboxylic acids is 1. The standard InChI is InChI=1S/C61H117NO10/c1-3-5-7-9-11-12-13-14-15-16-17-18-19-20-21-22-23-24-25-26-27-28-29-30-31-32-33-34-35-36-37-38-39-40-41-43-45-47-49-54(65)60(70)62-52(56(66)53(64)48-46-44-42-10-8-6-4-2)51-71-61-59(69)58(68)57(67)55(50-63)72-61/h23-24,26-27,52-59,61,63-69H,3-22,25,28-51H2,1-2H3,(H,62,70)/b24-23-,27-26-. The van der Waals surface area contributed by atoms with Gasteiger partial charge >= 0.3 is 0 Å². The van der Waals surface area contributed by atoms with Crippen molar-refractivity contribution in [1.29, 1.82) is 0 Å². The molecule has 1 rings (SSSR count). The molecule has 8 N–H and O–H groups in total. The third-order valence-corrected chi connectivity index (χ3v) is 15.0. The molecular formula is C61H117NO10. The quantitative estimate of drug-likeness (QED) is 0.0215. The van der Waals surface area contributed by atoms with Gasteiger partial charge in [-0.05, 0) is 44.9 Å². The highest BCUT2D eigenvalue weighted by Crippen LogP contribution is 2.24. The summed E-state index contributed by atoms with van der Waals surface area (Å²) < 4.78 is 11.1. The molecule has 0 bridgehead atoms. The average molecular weight is 1020 g/mol. The first-order valence-electron chi connectivity index (χ1n) is 30.7. The summed E-state index contributed by atoms with van der Waals surface area (Å²) in [7, 11) is 0. The van der Waals surface area contributed by atoms with Gasteiger partial charge in [0.15, 0.2) is 6.29 Å². The van der Waals surface area contributed by atoms with Gasteiger partial charge < -0.3 is 50.5 Å². The van der Waals surface area contributed by atoms with Gasteiger partial charge in [0.2, 0.25) is 5.91 Å². The van der Waals surface area contributed by atoms with Crippen molar-refractivity contribution < 1.29 is 50.0 Å². The Morgan fingerprint density at radius 3 is 1.24 bits per heavy atom. The number of hydrogen-bond acceptors (Lipinski definition) is 10. The number of rotatable bonds is 53. The topological polar surface area (TPSA) is 189 Å². The van der Waals surface area contributed by atoms with Crippen LogP contribution < -0.4 is 5.32 Å². The van der Waals surface area contributed by atoms with Gasteiger partial charge in [0.05, 0.1) is 25.4 Å². The number of aliphatic hydroxyl groups excluding tert-OH is 7. The number of unbranched alkanes of at least 4 members (excludes halogenated alkanes) is 37. The first-order valence-corrected chi connectivity index (χ1v) is 30.7. The molecule has 0 aromatic rings. The number of allylic oxidation sites excluding steroid dienone is 4. The van der Waals surface area contributed by atoms with Gasteiger partial charge in [-0.15, -0.1) is 0 Å². The van der Waals surface area contributed by atoms with Gasteiger partial charge in [0.25, 0.3) is 0 Å². The second-order valence-electron chi connectivity index (χ2n) is 21.8. The van der Waals surface area contributed by atoms with Crippen LogP contribution in [-0.2, 0) is 14.3 Å². The minimum absolute atomic E-state index is 0.262. The van der Waals surface area contributed by atoms with Gasteiger partial charge in [0, 0.05) is 0 Å². The van der Waals surface area contributed by atoms with Crippen LogP contribution in [0.15, 0.2) is 24.3 Å². The van der Waals surface area contributed by atoms with E-state index in [9.17, 15) is 40.5 Å². The Hall–Kier alpha value is -1.41. The monoisotopic (exact) mass is 1020 g/mol. The summed E-state index contributed by atoms with van der Waals surface area (Å²) in [4.78, 5) is 13.1. The number of amides is 1. The van der Waals surface area contributed by atoms with Crippen LogP contribution >= 0.6 is 0 Å². The van der Waals surface area contributed by atoms with E-state index in [1.54, 1.807) is 0 Å². The molecule has 1 fully saturated rings. The summed E-state index contributed by atoms with van der Waals surface area (Å²) in [5.74, 6) is -0.697. The number of nitrogens with one attached hydrogen (secondary N) is 1. The Kier molecular flexibility index (Phi) is 48.0. The average Bonchev–Trinajstić information content (AvgIpc) is 3.38. The molecule has 1 heterocycles. The van der Waals surface area contributed by atoms with Crippen molar-refractivity contribution in [3.8, 4) is 0 Å². The summed E-state index contributed by atoms with van der Waals surface area (Å²) in [5.41, 5.74) is 0. The third-order valence-electron chi connectivity index (χ3n) is 15.0. The minimum atomic E-state index is -1.66. The van der Waals surface area contributed by atoms with Crippen molar-refractivity contribution in [2.24, 2.45) is 0 Å². The maximum absolute atomic E-state index is 13.1. The zero-order valence-corrected chi connectivity index (χ0v) is 46.7. The molecule has 11 heteroatoms. The third kappa shape index (κ3) is 38.2. The van der Waals surface area contributed by atoms with E-state index >= 15 is 0 Å². The van der Waals surface area contributed by atoms with E-state index in [1.807, 2.05) is 0 Å². The summed E-state index contributed by atoms with van der Waals surface area (Å²) >= 11 is 0. The van der Waals surface area contributed by atoms with E-state index in [4.69, 9.17) is 9.47 Å². The molecule has 9 atom stereocenters. The molecular weight excluding hydrogens is 907 g/mol. The SMILES string of the molecule is CCCCCCCCCCCCCCCCC/C=C\C/C=C\CCCCCCCCCCCCCCCCCCC(O)C(=O)NC(COC1OC(CO)C(O)C(O)C1O)C(O)C(O)CCCCCCCCC. The van der Waals surface area contributed by atoms with E-state index in [0.29, 0.717) is 19.3 Å². The van der Waals surface area contributed by atoms with Crippen molar-refractivity contribution in [2.75, 3.05) is 13.2 Å². The molecule has 72 heavy (non-hydrogen) atoms. The molecule has 0 radical (unpaired) electrons. The highest BCUT2D eigenvalue weighted by Gasteiger charge is 2.44. The molecule has 0 aromatic carbocycles. The first-order chi connectivity index (χ1) is 35.2. The number of carbonyl (C=O) groups is 1. The van der Waals surface area contributed by atoms with E-state index < -0.39 is 74.2 Å². The van der Waals surface area contributed by atoms with Crippen LogP contribution in [0.5, 0.6) is 0 Å². The van der Waals surface area contributed by atoms with Crippen LogP contribution in [0.2, 0.25) is 0 Å². The van der Waals surface area contributed by atoms with Crippen LogP contribution in [-0.4, -0.2) is 110 Å². The lowest BCUT2D eigenvalue weighted by molar-refractivity contribution is -0.303. The van der Waals surface area contributed by atoms with Crippen molar-refractivity contribution in [3.05, 3.63) is 24.3 Å². The lowest BCUT2D eigenvalue weighted by Crippen LogP contribution is -2.60. The first kappa shape index (κ1) is 68.6. The second-order valence-corrected chi connectivity index (χ2v) is 21.8. The van der Waals surface area contributed by atoms with Crippen LogP contribution in [0.4, 0.5) is 0 Å². The van der Waals surface area contributed by atoms with Gasteiger partial charge in [0.1, 0.15) is 36.6 Å². The van der Waals surface area contributed by atoms with Crippen LogP contribution in [0.1, 0.15) is 290 Å². The Morgan fingerprint density at radius 2 is 0.847 bits per heavy atom. The predicted molar refractivity (Wildman–Crippen MR) is 298 cm³/mol. The predicted octanol–water partition coefficient (Wildman–Crippen LogP) is 13.3. The molecule has 1 aliphatic rings. The summed E-state index contributed by atoms with van der Waals surface area (Å²) in [5, 5.41) is 75.6. The number of aliphatic hydroxyl groups is 7. The molecule has 1 saturated heterocycles. The maximum Gasteiger partial charge on any atom is 0.249 e. The highest BCUT2D eigenvalue weighted by atomic mass is 16.7. The molecule has 0 spiro atoms. The van der Waals surface area contributed by atoms with E-state index in [2.05, 4.69) is 43.5 Å². The van der Waals surface area contributed by atoms with E-state index in [1.165, 1.54) is 199 Å². The van der Waals surface area contributed by atoms with Crippen molar-refractivity contribution in [1.82, 2.24) is 5.32 Å². The van der Waals surface area contributed by atoms with Gasteiger partial charge in [-0.25, -0.2) is 0 Å². The van der Waals surface area contributed by atoms with Gasteiger partial charge in [-0.3, -0.25) is 4.79 Å². The largest absolute Gasteiger partial charge is 0.394 e. The normalized spacial score (nSPS) is 20.2. The molecule has 0 aromatic heterocycles. The van der Waals surface area contributed by atoms with E-state index in [0.717, 1.165) is 51.4 Å².